The minimum atomic E-state index is 0.431. The summed E-state index contributed by atoms with van der Waals surface area (Å²) in [6.45, 7) is 4.26. The van der Waals surface area contributed by atoms with Gasteiger partial charge in [-0.15, -0.1) is 5.10 Å². The van der Waals surface area contributed by atoms with Crippen molar-refractivity contribution < 1.29 is 0 Å². The summed E-state index contributed by atoms with van der Waals surface area (Å²) in [7, 11) is 0. The van der Waals surface area contributed by atoms with Crippen molar-refractivity contribution in [3.8, 4) is 0 Å². The summed E-state index contributed by atoms with van der Waals surface area (Å²) in [5.41, 5.74) is 0.706. The molecule has 1 atom stereocenters. The van der Waals surface area contributed by atoms with Crippen molar-refractivity contribution in [2.24, 2.45) is 5.92 Å². The van der Waals surface area contributed by atoms with Crippen molar-refractivity contribution >= 4 is 40.7 Å². The SMILES string of the molecule is CC1CCCN(c2cnnc(Nc3ccc(Cl)cc3Cl)n2)C1. The summed E-state index contributed by atoms with van der Waals surface area (Å²) in [6.07, 6.45) is 4.14. The first-order valence-electron chi connectivity index (χ1n) is 7.28. The molecule has 1 aromatic heterocycles. The lowest BCUT2D eigenvalue weighted by atomic mass is 10.0. The molecule has 1 unspecified atom stereocenters. The Kier molecular flexibility index (Phi) is 4.64. The van der Waals surface area contributed by atoms with Gasteiger partial charge >= 0.3 is 0 Å². The number of hydrogen-bond donors (Lipinski definition) is 1. The van der Waals surface area contributed by atoms with Crippen molar-refractivity contribution in [2.75, 3.05) is 23.3 Å². The number of hydrogen-bond acceptors (Lipinski definition) is 5. The maximum atomic E-state index is 6.15. The third kappa shape index (κ3) is 3.59. The van der Waals surface area contributed by atoms with Gasteiger partial charge in [0.2, 0.25) is 5.95 Å². The van der Waals surface area contributed by atoms with Gasteiger partial charge in [0.15, 0.2) is 5.82 Å². The van der Waals surface area contributed by atoms with E-state index in [1.807, 2.05) is 0 Å². The Morgan fingerprint density at radius 3 is 2.95 bits per heavy atom. The lowest BCUT2D eigenvalue weighted by Crippen LogP contribution is -2.35. The first-order chi connectivity index (χ1) is 10.6. The summed E-state index contributed by atoms with van der Waals surface area (Å²) in [6, 6.07) is 5.23. The van der Waals surface area contributed by atoms with E-state index in [9.17, 15) is 0 Å². The standard InChI is InChI=1S/C15H17Cl2N5/c1-10-3-2-6-22(9-10)14-8-18-21-15(20-14)19-13-5-4-11(16)7-12(13)17/h4-5,7-8,10H,2-3,6,9H2,1H3,(H,19,20,21). The van der Waals surface area contributed by atoms with Gasteiger partial charge in [0.1, 0.15) is 0 Å². The largest absolute Gasteiger partial charge is 0.355 e. The molecule has 22 heavy (non-hydrogen) atoms. The lowest BCUT2D eigenvalue weighted by Gasteiger charge is -2.31. The predicted molar refractivity (Wildman–Crippen MR) is 90.2 cm³/mol. The Balaban J connectivity index is 1.79. The van der Waals surface area contributed by atoms with Crippen LogP contribution in [0.2, 0.25) is 10.0 Å². The fourth-order valence-electron chi connectivity index (χ4n) is 2.61. The van der Waals surface area contributed by atoms with Crippen LogP contribution in [0.5, 0.6) is 0 Å². The number of nitrogens with one attached hydrogen (secondary N) is 1. The van der Waals surface area contributed by atoms with Crippen LogP contribution in [-0.2, 0) is 0 Å². The van der Waals surface area contributed by atoms with Gasteiger partial charge < -0.3 is 10.2 Å². The number of nitrogens with zero attached hydrogens (tertiary/aromatic N) is 4. The molecule has 7 heteroatoms. The van der Waals surface area contributed by atoms with Gasteiger partial charge in [-0.25, -0.2) is 0 Å². The van der Waals surface area contributed by atoms with Gasteiger partial charge in [-0.3, -0.25) is 0 Å². The van der Waals surface area contributed by atoms with Crippen molar-refractivity contribution in [2.45, 2.75) is 19.8 Å². The fraction of sp³-hybridized carbons (Fsp3) is 0.400. The molecule has 1 aliphatic rings. The highest BCUT2D eigenvalue weighted by atomic mass is 35.5. The number of piperidine rings is 1. The van der Waals surface area contributed by atoms with E-state index in [0.29, 0.717) is 27.6 Å². The van der Waals surface area contributed by atoms with Crippen LogP contribution < -0.4 is 10.2 Å². The molecule has 2 heterocycles. The summed E-state index contributed by atoms with van der Waals surface area (Å²) in [5.74, 6) is 1.94. The topological polar surface area (TPSA) is 53.9 Å². The highest BCUT2D eigenvalue weighted by Gasteiger charge is 2.18. The Hall–Kier alpha value is -1.59. The van der Waals surface area contributed by atoms with Gasteiger partial charge in [-0.1, -0.05) is 30.1 Å². The van der Waals surface area contributed by atoms with Gasteiger partial charge in [0.05, 0.1) is 16.9 Å². The van der Waals surface area contributed by atoms with Crippen LogP contribution in [0.4, 0.5) is 17.5 Å². The molecular weight excluding hydrogens is 321 g/mol. The summed E-state index contributed by atoms with van der Waals surface area (Å²) >= 11 is 12.1. The molecule has 5 nitrogen and oxygen atoms in total. The van der Waals surface area contributed by atoms with Crippen LogP contribution in [-0.4, -0.2) is 28.3 Å². The van der Waals surface area contributed by atoms with E-state index in [0.717, 1.165) is 18.9 Å². The van der Waals surface area contributed by atoms with Crippen molar-refractivity contribution in [1.29, 1.82) is 0 Å². The van der Waals surface area contributed by atoms with Crippen LogP contribution >= 0.6 is 23.2 Å². The normalized spacial score (nSPS) is 18.3. The van der Waals surface area contributed by atoms with Crippen molar-refractivity contribution in [3.63, 3.8) is 0 Å². The molecule has 0 spiro atoms. The van der Waals surface area contributed by atoms with E-state index < -0.39 is 0 Å². The van der Waals surface area contributed by atoms with Gasteiger partial charge in [0.25, 0.3) is 0 Å². The molecule has 1 aliphatic heterocycles. The van der Waals surface area contributed by atoms with Crippen LogP contribution in [0, 0.1) is 5.92 Å². The maximum absolute atomic E-state index is 6.15. The predicted octanol–water partition coefficient (Wildman–Crippen LogP) is 4.16. The minimum Gasteiger partial charge on any atom is -0.355 e. The third-order valence-corrected chi connectivity index (χ3v) is 4.25. The number of anilines is 3. The Morgan fingerprint density at radius 1 is 1.32 bits per heavy atom. The smallest absolute Gasteiger partial charge is 0.249 e. The Bertz CT molecular complexity index is 664. The molecule has 1 N–H and O–H groups in total. The summed E-state index contributed by atoms with van der Waals surface area (Å²) in [4.78, 5) is 6.79. The quantitative estimate of drug-likeness (QED) is 0.911. The number of halogens is 2. The van der Waals surface area contributed by atoms with E-state index in [-0.39, 0.29) is 0 Å². The Morgan fingerprint density at radius 2 is 2.18 bits per heavy atom. The van der Waals surface area contributed by atoms with Crippen LogP contribution in [0.3, 0.4) is 0 Å². The highest BCUT2D eigenvalue weighted by molar-refractivity contribution is 6.36. The van der Waals surface area contributed by atoms with Crippen molar-refractivity contribution in [1.82, 2.24) is 15.2 Å². The molecule has 0 amide bonds. The zero-order chi connectivity index (χ0) is 15.5. The molecule has 1 fully saturated rings. The third-order valence-electron chi connectivity index (χ3n) is 3.70. The molecule has 1 aromatic carbocycles. The minimum absolute atomic E-state index is 0.431. The summed E-state index contributed by atoms with van der Waals surface area (Å²) < 4.78 is 0. The molecule has 0 aliphatic carbocycles. The van der Waals surface area contributed by atoms with Crippen LogP contribution in [0.25, 0.3) is 0 Å². The molecule has 116 valence electrons. The lowest BCUT2D eigenvalue weighted by molar-refractivity contribution is 0.444. The average molecular weight is 338 g/mol. The van der Waals surface area contributed by atoms with E-state index in [1.54, 1.807) is 24.4 Å². The molecule has 0 saturated carbocycles. The van der Waals surface area contributed by atoms with Gasteiger partial charge in [-0.2, -0.15) is 10.1 Å². The van der Waals surface area contributed by atoms with E-state index in [2.05, 4.69) is 32.3 Å². The monoisotopic (exact) mass is 337 g/mol. The second-order valence-electron chi connectivity index (χ2n) is 5.58. The fourth-order valence-corrected chi connectivity index (χ4v) is 3.06. The molecule has 0 radical (unpaired) electrons. The van der Waals surface area contributed by atoms with Gasteiger partial charge in [0, 0.05) is 18.1 Å². The van der Waals surface area contributed by atoms with Crippen LogP contribution in [0.15, 0.2) is 24.4 Å². The average Bonchev–Trinajstić information content (AvgIpc) is 2.50. The maximum Gasteiger partial charge on any atom is 0.249 e. The second-order valence-corrected chi connectivity index (χ2v) is 6.42. The summed E-state index contributed by atoms with van der Waals surface area (Å²) in [5, 5.41) is 12.3. The molecule has 3 rings (SSSR count). The zero-order valence-electron chi connectivity index (χ0n) is 12.3. The number of rotatable bonds is 3. The molecular formula is C15H17Cl2N5. The number of aromatic nitrogens is 3. The molecule has 1 saturated heterocycles. The first kappa shape index (κ1) is 15.3. The number of benzene rings is 1. The van der Waals surface area contributed by atoms with Crippen LogP contribution in [0.1, 0.15) is 19.8 Å². The van der Waals surface area contributed by atoms with E-state index >= 15 is 0 Å². The van der Waals surface area contributed by atoms with E-state index in [4.69, 9.17) is 23.2 Å². The Labute approximate surface area is 139 Å². The second kappa shape index (κ2) is 6.67. The van der Waals surface area contributed by atoms with Crippen molar-refractivity contribution in [3.05, 3.63) is 34.4 Å². The first-order valence-corrected chi connectivity index (χ1v) is 8.04. The highest BCUT2D eigenvalue weighted by Crippen LogP contribution is 2.28. The molecule has 0 bridgehead atoms. The zero-order valence-corrected chi connectivity index (χ0v) is 13.8. The molecule has 2 aromatic rings. The van der Waals surface area contributed by atoms with Gasteiger partial charge in [-0.05, 0) is 37.0 Å². The van der Waals surface area contributed by atoms with E-state index in [1.165, 1.54) is 12.8 Å².